The van der Waals surface area contributed by atoms with E-state index in [2.05, 4.69) is 19.9 Å². The van der Waals surface area contributed by atoms with Crippen molar-refractivity contribution in [2.24, 2.45) is 7.05 Å². The first kappa shape index (κ1) is 24.2. The van der Waals surface area contributed by atoms with Crippen molar-refractivity contribution in [1.29, 1.82) is 0 Å². The zero-order valence-corrected chi connectivity index (χ0v) is 19.9. The van der Waals surface area contributed by atoms with Crippen LogP contribution in [-0.4, -0.2) is 34.9 Å². The molecule has 3 heterocycles. The van der Waals surface area contributed by atoms with Crippen molar-refractivity contribution < 1.29 is 18.0 Å². The molecule has 0 saturated heterocycles. The van der Waals surface area contributed by atoms with Crippen LogP contribution in [0.4, 0.5) is 13.2 Å². The van der Waals surface area contributed by atoms with Crippen LogP contribution in [0.3, 0.4) is 0 Å². The number of rotatable bonds is 6. The maximum atomic E-state index is 13.0. The van der Waals surface area contributed by atoms with Gasteiger partial charge in [-0.15, -0.1) is 0 Å². The number of Topliss-reactive ketones (excluding diaryl/α,β-unsaturated/α-hetero) is 1. The van der Waals surface area contributed by atoms with E-state index in [9.17, 15) is 22.8 Å². The van der Waals surface area contributed by atoms with Crippen molar-refractivity contribution in [3.8, 4) is 22.8 Å². The number of hydrogen-bond donors (Lipinski definition) is 1. The zero-order valence-electron chi connectivity index (χ0n) is 19.9. The number of benzene rings is 2. The molecule has 0 atom stereocenters. The molecule has 0 aliphatic heterocycles. The maximum Gasteiger partial charge on any atom is 0.434 e. The van der Waals surface area contributed by atoms with Gasteiger partial charge >= 0.3 is 11.9 Å². The molecule has 2 aromatic carbocycles. The number of carbonyl (C=O) groups excluding carboxylic acids is 1. The molecular weight excluding hydrogens is 485 g/mol. The Morgan fingerprint density at radius 2 is 1.78 bits per heavy atom. The fraction of sp³-hybridized carbons (Fsp3) is 0.192. The third-order valence-corrected chi connectivity index (χ3v) is 6.02. The average Bonchev–Trinajstić information content (AvgIpc) is 3.43. The number of ketones is 1. The summed E-state index contributed by atoms with van der Waals surface area (Å²) >= 11 is 0. The van der Waals surface area contributed by atoms with Gasteiger partial charge in [0.1, 0.15) is 11.3 Å². The molecule has 37 heavy (non-hydrogen) atoms. The monoisotopic (exact) mass is 506 g/mol. The normalized spacial score (nSPS) is 11.8. The lowest BCUT2D eigenvalue weighted by Gasteiger charge is -2.08. The highest BCUT2D eigenvalue weighted by Gasteiger charge is 2.34. The molecule has 0 unspecified atom stereocenters. The number of carbonyl (C=O) groups is 1. The minimum absolute atomic E-state index is 0.0408. The van der Waals surface area contributed by atoms with Crippen molar-refractivity contribution >= 4 is 16.9 Å². The highest BCUT2D eigenvalue weighted by Crippen LogP contribution is 2.30. The van der Waals surface area contributed by atoms with Crippen LogP contribution in [0, 0.1) is 0 Å². The fourth-order valence-corrected chi connectivity index (χ4v) is 4.15. The van der Waals surface area contributed by atoms with Crippen LogP contribution in [0.1, 0.15) is 35.0 Å². The minimum atomic E-state index is -4.53. The zero-order chi connectivity index (χ0) is 26.3. The van der Waals surface area contributed by atoms with Crippen LogP contribution < -0.4 is 5.69 Å². The number of alkyl halides is 3. The average molecular weight is 506 g/mol. The highest BCUT2D eigenvalue weighted by molar-refractivity contribution is 6.01. The summed E-state index contributed by atoms with van der Waals surface area (Å²) < 4.78 is 41.8. The summed E-state index contributed by atoms with van der Waals surface area (Å²) in [5.41, 5.74) is 1.79. The summed E-state index contributed by atoms with van der Waals surface area (Å²) in [5, 5.41) is 0. The molecule has 5 aromatic rings. The molecule has 11 heteroatoms. The number of halogens is 3. The van der Waals surface area contributed by atoms with E-state index in [1.54, 1.807) is 55.5 Å². The van der Waals surface area contributed by atoms with Gasteiger partial charge in [0.2, 0.25) is 0 Å². The number of aromatic amines is 1. The first-order chi connectivity index (χ1) is 17.7. The first-order valence-corrected chi connectivity index (χ1v) is 11.4. The van der Waals surface area contributed by atoms with Crippen LogP contribution >= 0.6 is 0 Å². The second-order valence-corrected chi connectivity index (χ2v) is 8.52. The van der Waals surface area contributed by atoms with Gasteiger partial charge in [0.15, 0.2) is 22.9 Å². The van der Waals surface area contributed by atoms with Crippen molar-refractivity contribution in [1.82, 2.24) is 29.1 Å². The molecule has 0 radical (unpaired) electrons. The Morgan fingerprint density at radius 3 is 2.46 bits per heavy atom. The van der Waals surface area contributed by atoms with Crippen molar-refractivity contribution in [3.63, 3.8) is 0 Å². The van der Waals surface area contributed by atoms with Gasteiger partial charge in [0.05, 0.1) is 12.7 Å². The third-order valence-electron chi connectivity index (χ3n) is 6.02. The Hall–Kier alpha value is -4.54. The Bertz CT molecular complexity index is 1680. The van der Waals surface area contributed by atoms with E-state index in [-0.39, 0.29) is 23.8 Å². The van der Waals surface area contributed by atoms with Crippen LogP contribution in [0.15, 0.2) is 65.7 Å². The molecule has 0 aliphatic rings. The quantitative estimate of drug-likeness (QED) is 0.332. The number of nitrogens with one attached hydrogen (secondary N) is 1. The lowest BCUT2D eigenvalue weighted by atomic mass is 10.0. The van der Waals surface area contributed by atoms with Crippen molar-refractivity contribution in [2.75, 3.05) is 0 Å². The summed E-state index contributed by atoms with van der Waals surface area (Å²) in [6.45, 7) is 1.95. The topological polar surface area (TPSA) is 98.5 Å². The number of nitrogens with zero attached hydrogens (tertiary/aromatic N) is 5. The highest BCUT2D eigenvalue weighted by atomic mass is 19.4. The largest absolute Gasteiger partial charge is 0.434 e. The van der Waals surface area contributed by atoms with E-state index in [0.29, 0.717) is 40.1 Å². The summed E-state index contributed by atoms with van der Waals surface area (Å²) in [7, 11) is 1.50. The van der Waals surface area contributed by atoms with Gasteiger partial charge in [-0.25, -0.2) is 19.7 Å². The SMILES string of the molecule is CCC(=O)c1ccccc1-c1ncc2[nH]c(=O)n(Cc3ccc(-c4nc(C(F)(F)F)cn4C)cc3)c2n1. The molecule has 0 spiro atoms. The lowest BCUT2D eigenvalue weighted by Crippen LogP contribution is -2.17. The minimum Gasteiger partial charge on any atom is -0.333 e. The number of fused-ring (bicyclic) bond motifs is 1. The Morgan fingerprint density at radius 1 is 1.05 bits per heavy atom. The van der Waals surface area contributed by atoms with Gasteiger partial charge in [-0.1, -0.05) is 55.5 Å². The Labute approximate surface area is 208 Å². The molecule has 8 nitrogen and oxygen atoms in total. The van der Waals surface area contributed by atoms with E-state index in [1.807, 2.05) is 0 Å². The van der Waals surface area contributed by atoms with E-state index < -0.39 is 11.9 Å². The standard InChI is InChI=1S/C26H21F3N6O2/c1-3-20(36)17-6-4-5-7-18(17)22-30-12-19-24(33-22)35(25(37)31-19)13-15-8-10-16(11-9-15)23-32-21(14-34(23)2)26(27,28)29/h4-12,14H,3,13H2,1-2H3,(H,31,37). The van der Waals surface area contributed by atoms with E-state index in [1.165, 1.54) is 22.4 Å². The van der Waals surface area contributed by atoms with E-state index >= 15 is 0 Å². The van der Waals surface area contributed by atoms with Gasteiger partial charge in [-0.05, 0) is 5.56 Å². The molecule has 3 aromatic heterocycles. The Balaban J connectivity index is 1.48. The predicted octanol–water partition coefficient (Wildman–Crippen LogP) is 4.85. The molecule has 0 aliphatic carbocycles. The molecular formula is C26H21F3N6O2. The van der Waals surface area contributed by atoms with Crippen LogP contribution in [-0.2, 0) is 19.8 Å². The van der Waals surface area contributed by atoms with Crippen molar-refractivity contribution in [2.45, 2.75) is 26.1 Å². The first-order valence-electron chi connectivity index (χ1n) is 11.4. The Kier molecular flexibility index (Phi) is 5.98. The van der Waals surface area contributed by atoms with Gasteiger partial charge in [0.25, 0.3) is 0 Å². The molecule has 188 valence electrons. The molecule has 1 N–H and O–H groups in total. The number of H-pyrrole nitrogens is 1. The van der Waals surface area contributed by atoms with Gasteiger partial charge < -0.3 is 9.55 Å². The van der Waals surface area contributed by atoms with E-state index in [4.69, 9.17) is 0 Å². The number of aromatic nitrogens is 6. The summed E-state index contributed by atoms with van der Waals surface area (Å²) in [5.74, 6) is 0.463. The van der Waals surface area contributed by atoms with Crippen LogP contribution in [0.5, 0.6) is 0 Å². The fourth-order valence-electron chi connectivity index (χ4n) is 4.15. The number of hydrogen-bond acceptors (Lipinski definition) is 5. The summed E-state index contributed by atoms with van der Waals surface area (Å²) in [6, 6.07) is 13.8. The maximum absolute atomic E-state index is 13.0. The third kappa shape index (κ3) is 4.55. The molecule has 0 fully saturated rings. The summed E-state index contributed by atoms with van der Waals surface area (Å²) in [6.07, 6.45) is -1.75. The molecule has 0 amide bonds. The van der Waals surface area contributed by atoms with E-state index in [0.717, 1.165) is 11.8 Å². The lowest BCUT2D eigenvalue weighted by molar-refractivity contribution is -0.140. The van der Waals surface area contributed by atoms with Gasteiger partial charge in [-0.2, -0.15) is 13.2 Å². The second-order valence-electron chi connectivity index (χ2n) is 8.52. The van der Waals surface area contributed by atoms with Crippen LogP contribution in [0.25, 0.3) is 33.9 Å². The van der Waals surface area contributed by atoms with Crippen molar-refractivity contribution in [3.05, 3.63) is 88.2 Å². The van der Waals surface area contributed by atoms with Gasteiger partial charge in [0, 0.05) is 36.4 Å². The second kappa shape index (κ2) is 9.16. The molecule has 5 rings (SSSR count). The van der Waals surface area contributed by atoms with Crippen LogP contribution in [0.2, 0.25) is 0 Å². The number of imidazole rings is 2. The molecule has 0 bridgehead atoms. The smallest absolute Gasteiger partial charge is 0.333 e. The van der Waals surface area contributed by atoms with Gasteiger partial charge in [-0.3, -0.25) is 9.36 Å². The summed E-state index contributed by atoms with van der Waals surface area (Å²) in [4.78, 5) is 40.5. The molecule has 0 saturated carbocycles. The number of aryl methyl sites for hydroxylation is 1. The predicted molar refractivity (Wildman–Crippen MR) is 131 cm³/mol.